The molecule has 11 rings (SSSR count). The van der Waals surface area contributed by atoms with Gasteiger partial charge in [0.15, 0.2) is 0 Å². The first-order valence-electron chi connectivity index (χ1n) is 27.1. The molecule has 8 aromatic carbocycles. The standard InChI is InChI=1S/C48H30N2O/c1-3-13-31(14-4-1)35-19-12-24-45-47(35)40-27-26-34(30-46(40)51-45)49-42-22-9-8-18-38(42)41-29-32(25-28-44(41)49)36-20-11-21-39-37-17-7-10-23-43(37)50(48(36)39)33-15-5-2-6-16-33/h1-30H/i1D,3D,4D,7D,8D,9D,10D,11D,12D,13D,17D,18D,19D,20D,21D,22D,23D,24D,26D,27D,28D,29D,30D. The van der Waals surface area contributed by atoms with E-state index >= 15 is 0 Å². The number of hydrogen-bond acceptors (Lipinski definition) is 1. The summed E-state index contributed by atoms with van der Waals surface area (Å²) in [6.45, 7) is 0. The fourth-order valence-electron chi connectivity index (χ4n) is 6.69. The highest BCUT2D eigenvalue weighted by molar-refractivity contribution is 6.16. The molecule has 51 heavy (non-hydrogen) atoms. The summed E-state index contributed by atoms with van der Waals surface area (Å²) < 4.78 is 216. The predicted molar refractivity (Wildman–Crippen MR) is 213 cm³/mol. The SMILES string of the molecule is [2H]c1cc(-c2c([2H])c([2H])c([2H])c3oc4c([2H])c(-n5c6c([2H])cc(-c7c([2H])c([2H])c([2H])c8c9c([2H])c([2H])c([2H])c([2H])c9n(-c9ccccc9)c78)c([2H])c6c6c([2H])c([2H])c([2H])c([2H])c65)c([2H])c([2H])c4c23)c([2H])c([2H])c1[2H]. The van der Waals surface area contributed by atoms with Crippen LogP contribution in [0.15, 0.2) is 186 Å². The van der Waals surface area contributed by atoms with Gasteiger partial charge in [-0.05, 0) is 71.1 Å². The maximum absolute atomic E-state index is 10.0. The van der Waals surface area contributed by atoms with Gasteiger partial charge in [0.2, 0.25) is 0 Å². The highest BCUT2D eigenvalue weighted by Gasteiger charge is 2.19. The van der Waals surface area contributed by atoms with Crippen molar-refractivity contribution < 1.29 is 35.9 Å². The molecule has 0 amide bonds. The van der Waals surface area contributed by atoms with Crippen LogP contribution in [-0.4, -0.2) is 9.13 Å². The van der Waals surface area contributed by atoms with Crippen molar-refractivity contribution in [3.8, 4) is 33.6 Å². The van der Waals surface area contributed by atoms with Gasteiger partial charge in [-0.1, -0.05) is 121 Å². The van der Waals surface area contributed by atoms with Gasteiger partial charge in [0.25, 0.3) is 0 Å². The molecule has 238 valence electrons. The van der Waals surface area contributed by atoms with Crippen LogP contribution in [0.2, 0.25) is 0 Å². The van der Waals surface area contributed by atoms with Crippen LogP contribution in [0.5, 0.6) is 0 Å². The Hall–Kier alpha value is -6.84. The van der Waals surface area contributed by atoms with E-state index in [0.717, 1.165) is 16.7 Å². The van der Waals surface area contributed by atoms with Gasteiger partial charge < -0.3 is 13.6 Å². The summed E-state index contributed by atoms with van der Waals surface area (Å²) in [7, 11) is 0. The van der Waals surface area contributed by atoms with Gasteiger partial charge >= 0.3 is 0 Å². The second-order valence-corrected chi connectivity index (χ2v) is 11.5. The van der Waals surface area contributed by atoms with Crippen LogP contribution >= 0.6 is 0 Å². The maximum atomic E-state index is 10.0. The van der Waals surface area contributed by atoms with E-state index in [0.29, 0.717) is 0 Å². The van der Waals surface area contributed by atoms with Crippen molar-refractivity contribution in [3.05, 3.63) is 181 Å². The molecule has 0 bridgehead atoms. The summed E-state index contributed by atoms with van der Waals surface area (Å²) >= 11 is 0. The smallest absolute Gasteiger partial charge is 0.137 e. The molecule has 0 spiro atoms. The minimum absolute atomic E-state index is 0.121. The lowest BCUT2D eigenvalue weighted by molar-refractivity contribution is 0.668. The highest BCUT2D eigenvalue weighted by Crippen LogP contribution is 2.42. The van der Waals surface area contributed by atoms with Crippen molar-refractivity contribution in [3.63, 3.8) is 0 Å². The topological polar surface area (TPSA) is 23.0 Å². The first-order valence-corrected chi connectivity index (χ1v) is 15.6. The molecule has 0 aliphatic carbocycles. The van der Waals surface area contributed by atoms with Crippen LogP contribution in [0.3, 0.4) is 0 Å². The zero-order valence-corrected chi connectivity index (χ0v) is 25.8. The lowest BCUT2D eigenvalue weighted by Crippen LogP contribution is -1.95. The molecule has 3 heteroatoms. The number of benzene rings is 8. The second-order valence-electron chi connectivity index (χ2n) is 11.5. The molecule has 0 aliphatic heterocycles. The predicted octanol–water partition coefficient (Wildman–Crippen LogP) is 13.1. The van der Waals surface area contributed by atoms with Gasteiger partial charge in [-0.2, -0.15) is 0 Å². The number of fused-ring (bicyclic) bond motifs is 9. The molecule has 3 aromatic heterocycles. The highest BCUT2D eigenvalue weighted by atomic mass is 16.3. The molecule has 0 N–H and O–H groups in total. The Labute approximate surface area is 326 Å². The van der Waals surface area contributed by atoms with Crippen LogP contribution in [0.4, 0.5) is 0 Å². The summed E-state index contributed by atoms with van der Waals surface area (Å²) in [5.41, 5.74) is -3.80. The Morgan fingerprint density at radius 3 is 2.02 bits per heavy atom. The molecule has 0 saturated heterocycles. The Bertz CT molecular complexity index is 4460. The Morgan fingerprint density at radius 1 is 0.412 bits per heavy atom. The van der Waals surface area contributed by atoms with E-state index in [1.54, 1.807) is 30.3 Å². The van der Waals surface area contributed by atoms with Gasteiger partial charge in [0.05, 0.1) is 53.6 Å². The van der Waals surface area contributed by atoms with E-state index in [2.05, 4.69) is 0 Å². The largest absolute Gasteiger partial charge is 0.456 e. The quantitative estimate of drug-likeness (QED) is 0.182. The van der Waals surface area contributed by atoms with E-state index in [9.17, 15) is 12.3 Å². The first-order chi connectivity index (χ1) is 34.9. The summed E-state index contributed by atoms with van der Waals surface area (Å²) in [5, 5.41) is -1.86. The third-order valence-electron chi connectivity index (χ3n) is 8.81. The first kappa shape index (κ1) is 13.8. The molecule has 3 nitrogen and oxygen atoms in total. The number of nitrogens with zero attached hydrogens (tertiary/aromatic N) is 2. The van der Waals surface area contributed by atoms with Crippen molar-refractivity contribution in [2.45, 2.75) is 0 Å². The molecule has 0 atom stereocenters. The van der Waals surface area contributed by atoms with Crippen LogP contribution in [0.1, 0.15) is 31.5 Å². The molecular formula is C48H30N2O. The van der Waals surface area contributed by atoms with Crippen LogP contribution in [0.25, 0.3) is 99.2 Å². The van der Waals surface area contributed by atoms with E-state index in [4.69, 9.17) is 23.6 Å². The van der Waals surface area contributed by atoms with Crippen LogP contribution in [-0.2, 0) is 0 Å². The van der Waals surface area contributed by atoms with E-state index in [1.807, 2.05) is 0 Å². The van der Waals surface area contributed by atoms with Crippen LogP contribution in [0, 0.1) is 0 Å². The summed E-state index contributed by atoms with van der Waals surface area (Å²) in [4.78, 5) is 0. The molecule has 0 radical (unpaired) electrons. The number of furan rings is 1. The average molecular weight is 674 g/mol. The Balaban J connectivity index is 1.32. The fourth-order valence-corrected chi connectivity index (χ4v) is 6.69. The Morgan fingerprint density at radius 2 is 1.14 bits per heavy atom. The zero-order chi connectivity index (χ0) is 53.5. The van der Waals surface area contributed by atoms with Crippen molar-refractivity contribution >= 4 is 65.6 Å². The number of hydrogen-bond donors (Lipinski definition) is 0. The second kappa shape index (κ2) is 10.8. The minimum atomic E-state index is -0.840. The van der Waals surface area contributed by atoms with E-state index in [-0.39, 0.29) is 60.5 Å². The molecule has 0 fully saturated rings. The van der Waals surface area contributed by atoms with Gasteiger partial charge in [-0.25, -0.2) is 0 Å². The molecule has 0 saturated carbocycles. The summed E-state index contributed by atoms with van der Waals surface area (Å²) in [5.74, 6) is 0. The number of para-hydroxylation sites is 4. The summed E-state index contributed by atoms with van der Waals surface area (Å²) in [6.07, 6.45) is 0. The fraction of sp³-hybridized carbons (Fsp3) is 0. The van der Waals surface area contributed by atoms with Gasteiger partial charge in [0.1, 0.15) is 11.2 Å². The van der Waals surface area contributed by atoms with E-state index in [1.165, 1.54) is 4.57 Å². The average Bonchev–Trinajstić information content (AvgIpc) is 4.11. The monoisotopic (exact) mass is 673 g/mol. The maximum Gasteiger partial charge on any atom is 0.137 e. The van der Waals surface area contributed by atoms with Crippen molar-refractivity contribution in [1.29, 1.82) is 0 Å². The van der Waals surface area contributed by atoms with Gasteiger partial charge in [-0.15, -0.1) is 0 Å². The van der Waals surface area contributed by atoms with E-state index < -0.39 is 178 Å². The van der Waals surface area contributed by atoms with Gasteiger partial charge in [-0.3, -0.25) is 0 Å². The van der Waals surface area contributed by atoms with Gasteiger partial charge in [0, 0.05) is 55.3 Å². The van der Waals surface area contributed by atoms with Crippen molar-refractivity contribution in [2.24, 2.45) is 0 Å². The molecular weight excluding hydrogens is 621 g/mol. The third-order valence-corrected chi connectivity index (χ3v) is 8.81. The molecule has 0 aliphatic rings. The van der Waals surface area contributed by atoms with Crippen molar-refractivity contribution in [2.75, 3.05) is 0 Å². The minimum Gasteiger partial charge on any atom is -0.456 e. The Kier molecular flexibility index (Phi) is 2.93. The molecule has 3 heterocycles. The normalized spacial score (nSPS) is 18.2. The zero-order valence-electron chi connectivity index (χ0n) is 48.8. The van der Waals surface area contributed by atoms with Crippen LogP contribution < -0.4 is 0 Å². The molecule has 11 aromatic rings. The lowest BCUT2D eigenvalue weighted by atomic mass is 9.99. The lowest BCUT2D eigenvalue weighted by Gasteiger charge is -2.12. The molecule has 0 unspecified atom stereocenters. The number of rotatable bonds is 4. The number of aromatic nitrogens is 2. The third kappa shape index (κ3) is 4.12. The summed E-state index contributed by atoms with van der Waals surface area (Å²) in [6, 6.07) is -5.44. The van der Waals surface area contributed by atoms with Crippen molar-refractivity contribution in [1.82, 2.24) is 9.13 Å².